The summed E-state index contributed by atoms with van der Waals surface area (Å²) in [6, 6.07) is 10.6. The average Bonchev–Trinajstić information content (AvgIpc) is 2.46. The fourth-order valence-electron chi connectivity index (χ4n) is 2.64. The summed E-state index contributed by atoms with van der Waals surface area (Å²) in [7, 11) is 3.42. The van der Waals surface area contributed by atoms with Crippen LogP contribution in [0.2, 0.25) is 0 Å². The number of methoxy groups -OCH3 is 2. The lowest BCUT2D eigenvalue weighted by atomic mass is 9.98. The molecule has 0 aliphatic rings. The minimum atomic E-state index is 0.135. The lowest BCUT2D eigenvalue weighted by Gasteiger charge is -2.17. The number of rotatable bonds is 4. The number of benzene rings is 2. The Hall–Kier alpha value is -1.48. The first-order chi connectivity index (χ1) is 9.97. The molecule has 0 aromatic heterocycles. The van der Waals surface area contributed by atoms with E-state index in [-0.39, 0.29) is 4.83 Å². The second-order valence-electron chi connectivity index (χ2n) is 5.28. The van der Waals surface area contributed by atoms with Crippen molar-refractivity contribution in [3.63, 3.8) is 0 Å². The largest absolute Gasteiger partial charge is 0.496 e. The summed E-state index contributed by atoms with van der Waals surface area (Å²) in [4.78, 5) is 0.135. The minimum absolute atomic E-state index is 0.135. The Morgan fingerprint density at radius 3 is 1.95 bits per heavy atom. The van der Waals surface area contributed by atoms with E-state index in [2.05, 4.69) is 60.1 Å². The fourth-order valence-corrected chi connectivity index (χ4v) is 3.19. The Labute approximate surface area is 135 Å². The molecule has 0 saturated heterocycles. The molecule has 2 aromatic rings. The maximum Gasteiger partial charge on any atom is 0.124 e. The second-order valence-corrected chi connectivity index (χ2v) is 6.20. The Balaban J connectivity index is 2.42. The molecule has 0 bridgehead atoms. The monoisotopic (exact) mass is 348 g/mol. The SMILES string of the molecule is COc1cc(C(Br)c2cc(C)c(OC)c(C)c2)ccc1C. The highest BCUT2D eigenvalue weighted by molar-refractivity contribution is 9.09. The summed E-state index contributed by atoms with van der Waals surface area (Å²) in [5.74, 6) is 1.87. The third-order valence-corrected chi connectivity index (χ3v) is 4.76. The number of ether oxygens (including phenoxy) is 2. The van der Waals surface area contributed by atoms with E-state index in [1.165, 1.54) is 11.1 Å². The van der Waals surface area contributed by atoms with E-state index in [0.29, 0.717) is 0 Å². The van der Waals surface area contributed by atoms with Crippen molar-refractivity contribution in [3.8, 4) is 11.5 Å². The van der Waals surface area contributed by atoms with Crippen LogP contribution in [0, 0.1) is 20.8 Å². The van der Waals surface area contributed by atoms with Gasteiger partial charge in [-0.05, 0) is 54.7 Å². The standard InChI is InChI=1S/C18H21BrO2/c1-11-6-7-14(10-16(11)20-4)17(19)15-8-12(2)18(21-5)13(3)9-15/h6-10,17H,1-5H3. The van der Waals surface area contributed by atoms with E-state index in [1.54, 1.807) is 14.2 Å². The van der Waals surface area contributed by atoms with Gasteiger partial charge in [-0.15, -0.1) is 0 Å². The molecular weight excluding hydrogens is 328 g/mol. The van der Waals surface area contributed by atoms with Gasteiger partial charge >= 0.3 is 0 Å². The van der Waals surface area contributed by atoms with E-state index < -0.39 is 0 Å². The Kier molecular flexibility index (Phi) is 4.94. The molecular formula is C18H21BrO2. The van der Waals surface area contributed by atoms with Crippen LogP contribution in [0.25, 0.3) is 0 Å². The van der Waals surface area contributed by atoms with Crippen molar-refractivity contribution in [1.82, 2.24) is 0 Å². The predicted molar refractivity (Wildman–Crippen MR) is 91.0 cm³/mol. The number of hydrogen-bond donors (Lipinski definition) is 0. The molecule has 0 radical (unpaired) electrons. The predicted octanol–water partition coefficient (Wildman–Crippen LogP) is 5.11. The first-order valence-electron chi connectivity index (χ1n) is 6.91. The number of hydrogen-bond acceptors (Lipinski definition) is 2. The maximum absolute atomic E-state index is 5.43. The first kappa shape index (κ1) is 15.9. The van der Waals surface area contributed by atoms with Gasteiger partial charge in [0.2, 0.25) is 0 Å². The van der Waals surface area contributed by atoms with Crippen LogP contribution in [0.1, 0.15) is 32.6 Å². The Bertz CT molecular complexity index is 627. The van der Waals surface area contributed by atoms with Gasteiger partial charge in [-0.2, -0.15) is 0 Å². The van der Waals surface area contributed by atoms with Gasteiger partial charge < -0.3 is 9.47 Å². The molecule has 21 heavy (non-hydrogen) atoms. The Morgan fingerprint density at radius 1 is 0.810 bits per heavy atom. The zero-order valence-electron chi connectivity index (χ0n) is 13.2. The number of alkyl halides is 1. The van der Waals surface area contributed by atoms with Gasteiger partial charge in [0.25, 0.3) is 0 Å². The van der Waals surface area contributed by atoms with E-state index >= 15 is 0 Å². The van der Waals surface area contributed by atoms with Crippen LogP contribution in [0.15, 0.2) is 30.3 Å². The maximum atomic E-state index is 5.43. The van der Waals surface area contributed by atoms with Gasteiger partial charge in [-0.3, -0.25) is 0 Å². The third-order valence-electron chi connectivity index (χ3n) is 3.70. The minimum Gasteiger partial charge on any atom is -0.496 e. The summed E-state index contributed by atoms with van der Waals surface area (Å²) in [5, 5.41) is 0. The average molecular weight is 349 g/mol. The van der Waals surface area contributed by atoms with E-state index in [0.717, 1.165) is 28.2 Å². The lowest BCUT2D eigenvalue weighted by molar-refractivity contribution is 0.408. The molecule has 1 atom stereocenters. The van der Waals surface area contributed by atoms with Crippen molar-refractivity contribution in [1.29, 1.82) is 0 Å². The fraction of sp³-hybridized carbons (Fsp3) is 0.333. The van der Waals surface area contributed by atoms with Crippen molar-refractivity contribution in [2.45, 2.75) is 25.6 Å². The lowest BCUT2D eigenvalue weighted by Crippen LogP contribution is -1.99. The molecule has 2 rings (SSSR count). The second kappa shape index (κ2) is 6.52. The number of aryl methyl sites for hydroxylation is 3. The van der Waals surface area contributed by atoms with Gasteiger partial charge in [0.15, 0.2) is 0 Å². The van der Waals surface area contributed by atoms with Crippen LogP contribution in [-0.2, 0) is 0 Å². The van der Waals surface area contributed by atoms with Crippen LogP contribution >= 0.6 is 15.9 Å². The van der Waals surface area contributed by atoms with Crippen LogP contribution in [-0.4, -0.2) is 14.2 Å². The van der Waals surface area contributed by atoms with Crippen LogP contribution in [0.4, 0.5) is 0 Å². The van der Waals surface area contributed by atoms with Gasteiger partial charge in [0, 0.05) is 0 Å². The molecule has 1 unspecified atom stereocenters. The van der Waals surface area contributed by atoms with Gasteiger partial charge in [-0.25, -0.2) is 0 Å². The molecule has 2 nitrogen and oxygen atoms in total. The molecule has 3 heteroatoms. The molecule has 0 spiro atoms. The van der Waals surface area contributed by atoms with Crippen molar-refractivity contribution in [3.05, 3.63) is 58.1 Å². The summed E-state index contributed by atoms with van der Waals surface area (Å²) >= 11 is 3.80. The molecule has 0 amide bonds. The van der Waals surface area contributed by atoms with Crippen molar-refractivity contribution in [2.24, 2.45) is 0 Å². The number of halogens is 1. The quantitative estimate of drug-likeness (QED) is 0.714. The van der Waals surface area contributed by atoms with Gasteiger partial charge in [0.1, 0.15) is 11.5 Å². The summed E-state index contributed by atoms with van der Waals surface area (Å²) in [6.07, 6.45) is 0. The highest BCUT2D eigenvalue weighted by atomic mass is 79.9. The molecule has 2 aromatic carbocycles. The summed E-state index contributed by atoms with van der Waals surface area (Å²) < 4.78 is 10.8. The molecule has 0 heterocycles. The van der Waals surface area contributed by atoms with E-state index in [4.69, 9.17) is 9.47 Å². The molecule has 0 N–H and O–H groups in total. The first-order valence-corrected chi connectivity index (χ1v) is 7.83. The molecule has 0 fully saturated rings. The van der Waals surface area contributed by atoms with E-state index in [9.17, 15) is 0 Å². The topological polar surface area (TPSA) is 18.5 Å². The smallest absolute Gasteiger partial charge is 0.124 e. The van der Waals surface area contributed by atoms with Gasteiger partial charge in [-0.1, -0.05) is 40.2 Å². The highest BCUT2D eigenvalue weighted by Crippen LogP contribution is 2.36. The molecule has 0 aliphatic carbocycles. The van der Waals surface area contributed by atoms with Crippen molar-refractivity contribution >= 4 is 15.9 Å². The summed E-state index contributed by atoms with van der Waals surface area (Å²) in [5.41, 5.74) is 5.84. The van der Waals surface area contributed by atoms with Gasteiger partial charge in [0.05, 0.1) is 19.0 Å². The zero-order valence-corrected chi connectivity index (χ0v) is 14.7. The summed E-state index contributed by atoms with van der Waals surface area (Å²) in [6.45, 7) is 6.20. The molecule has 0 aliphatic heterocycles. The van der Waals surface area contributed by atoms with E-state index in [1.807, 2.05) is 6.92 Å². The molecule has 112 valence electrons. The third kappa shape index (κ3) is 3.24. The Morgan fingerprint density at radius 2 is 1.43 bits per heavy atom. The van der Waals surface area contributed by atoms with Crippen molar-refractivity contribution < 1.29 is 9.47 Å². The van der Waals surface area contributed by atoms with Crippen LogP contribution in [0.5, 0.6) is 11.5 Å². The van der Waals surface area contributed by atoms with Crippen LogP contribution in [0.3, 0.4) is 0 Å². The normalized spacial score (nSPS) is 12.1. The van der Waals surface area contributed by atoms with Crippen LogP contribution < -0.4 is 9.47 Å². The zero-order chi connectivity index (χ0) is 15.6. The highest BCUT2D eigenvalue weighted by Gasteiger charge is 2.15. The van der Waals surface area contributed by atoms with Crippen molar-refractivity contribution in [2.75, 3.05) is 14.2 Å². The molecule has 0 saturated carbocycles.